The fraction of sp³-hybridized carbons (Fsp3) is 0.524. The summed E-state index contributed by atoms with van der Waals surface area (Å²) in [5, 5.41) is 4.26. The Hall–Kier alpha value is -2.10. The number of hydrogen-bond acceptors (Lipinski definition) is 2. The van der Waals surface area contributed by atoms with Crippen LogP contribution in [0.2, 0.25) is 0 Å². The lowest BCUT2D eigenvalue weighted by molar-refractivity contribution is -0.146. The Kier molecular flexibility index (Phi) is 4.36. The molecule has 4 heteroatoms. The van der Waals surface area contributed by atoms with E-state index in [2.05, 4.69) is 40.5 Å². The zero-order chi connectivity index (χ0) is 17.3. The molecule has 25 heavy (non-hydrogen) atoms. The lowest BCUT2D eigenvalue weighted by Crippen LogP contribution is -2.48. The van der Waals surface area contributed by atoms with Crippen LogP contribution < -0.4 is 0 Å². The SMILES string of the molecule is Cn1cc(C[C@@H]2CCN(C(=O)C3(Cc4ccccc4)CCC3)C2)cn1. The first kappa shape index (κ1) is 16.4. The van der Waals surface area contributed by atoms with Crippen LogP contribution in [0.25, 0.3) is 0 Å². The van der Waals surface area contributed by atoms with E-state index in [0.29, 0.717) is 11.8 Å². The van der Waals surface area contributed by atoms with Crippen molar-refractivity contribution in [2.75, 3.05) is 13.1 Å². The lowest BCUT2D eigenvalue weighted by atomic mass is 9.64. The molecule has 2 fully saturated rings. The molecular formula is C21H27N3O. The highest BCUT2D eigenvalue weighted by atomic mass is 16.2. The van der Waals surface area contributed by atoms with Crippen LogP contribution in [0.3, 0.4) is 0 Å². The highest BCUT2D eigenvalue weighted by Gasteiger charge is 2.47. The van der Waals surface area contributed by atoms with Crippen molar-refractivity contribution in [2.45, 2.75) is 38.5 Å². The zero-order valence-corrected chi connectivity index (χ0v) is 15.0. The number of aromatic nitrogens is 2. The predicted molar refractivity (Wildman–Crippen MR) is 98.0 cm³/mol. The largest absolute Gasteiger partial charge is 0.342 e. The number of amides is 1. The van der Waals surface area contributed by atoms with Crippen molar-refractivity contribution in [1.29, 1.82) is 0 Å². The molecule has 4 nitrogen and oxygen atoms in total. The van der Waals surface area contributed by atoms with Gasteiger partial charge >= 0.3 is 0 Å². The quantitative estimate of drug-likeness (QED) is 0.840. The normalized spacial score (nSPS) is 22.0. The van der Waals surface area contributed by atoms with Gasteiger partial charge in [-0.2, -0.15) is 5.10 Å². The monoisotopic (exact) mass is 337 g/mol. The molecule has 4 rings (SSSR count). The minimum atomic E-state index is -0.134. The summed E-state index contributed by atoms with van der Waals surface area (Å²) in [5.41, 5.74) is 2.44. The molecule has 2 aromatic rings. The van der Waals surface area contributed by atoms with E-state index in [1.807, 2.05) is 24.0 Å². The van der Waals surface area contributed by atoms with E-state index in [9.17, 15) is 4.79 Å². The molecule has 1 saturated heterocycles. The van der Waals surface area contributed by atoms with Crippen LogP contribution in [0, 0.1) is 11.3 Å². The highest BCUT2D eigenvalue weighted by Crippen LogP contribution is 2.46. The summed E-state index contributed by atoms with van der Waals surface area (Å²) in [6.07, 6.45) is 10.4. The fourth-order valence-electron chi connectivity index (χ4n) is 4.49. The number of likely N-dealkylation sites (tertiary alicyclic amines) is 1. The molecule has 1 amide bonds. The Balaban J connectivity index is 1.40. The van der Waals surface area contributed by atoms with Gasteiger partial charge in [0.25, 0.3) is 0 Å². The van der Waals surface area contributed by atoms with Gasteiger partial charge in [-0.05, 0) is 49.1 Å². The predicted octanol–water partition coefficient (Wildman–Crippen LogP) is 3.22. The molecule has 0 N–H and O–H groups in total. The minimum absolute atomic E-state index is 0.134. The number of rotatable bonds is 5. The summed E-state index contributed by atoms with van der Waals surface area (Å²) in [4.78, 5) is 15.4. The summed E-state index contributed by atoms with van der Waals surface area (Å²) >= 11 is 0. The number of carbonyl (C=O) groups is 1. The smallest absolute Gasteiger partial charge is 0.229 e. The average molecular weight is 337 g/mol. The maximum absolute atomic E-state index is 13.3. The van der Waals surface area contributed by atoms with Crippen LogP contribution in [0.1, 0.15) is 36.8 Å². The van der Waals surface area contributed by atoms with Gasteiger partial charge < -0.3 is 4.90 Å². The van der Waals surface area contributed by atoms with Crippen LogP contribution >= 0.6 is 0 Å². The third kappa shape index (κ3) is 3.35. The Morgan fingerprint density at radius 1 is 1.24 bits per heavy atom. The molecule has 1 aromatic heterocycles. The first-order valence-electron chi connectivity index (χ1n) is 9.45. The third-order valence-corrected chi connectivity index (χ3v) is 6.01. The number of hydrogen-bond donors (Lipinski definition) is 0. The molecule has 1 aromatic carbocycles. The fourth-order valence-corrected chi connectivity index (χ4v) is 4.49. The van der Waals surface area contributed by atoms with Crippen molar-refractivity contribution in [3.63, 3.8) is 0 Å². The van der Waals surface area contributed by atoms with Crippen molar-refractivity contribution in [1.82, 2.24) is 14.7 Å². The molecule has 2 aliphatic rings. The van der Waals surface area contributed by atoms with Crippen molar-refractivity contribution < 1.29 is 4.79 Å². The van der Waals surface area contributed by atoms with Crippen molar-refractivity contribution in [3.8, 4) is 0 Å². The average Bonchev–Trinajstić information content (AvgIpc) is 3.21. The van der Waals surface area contributed by atoms with Gasteiger partial charge in [0.15, 0.2) is 0 Å². The zero-order valence-electron chi connectivity index (χ0n) is 15.0. The summed E-state index contributed by atoms with van der Waals surface area (Å²) in [5.74, 6) is 0.971. The molecule has 0 radical (unpaired) electrons. The van der Waals surface area contributed by atoms with Crippen molar-refractivity contribution in [2.24, 2.45) is 18.4 Å². The van der Waals surface area contributed by atoms with E-state index in [1.54, 1.807) is 0 Å². The standard InChI is InChI=1S/C21H27N3O/c1-23-15-19(14-22-23)12-18-8-11-24(16-18)20(25)21(9-5-10-21)13-17-6-3-2-4-7-17/h2-4,6-7,14-15,18H,5,8-13,16H2,1H3/t18-/m0/s1. The maximum atomic E-state index is 13.3. The van der Waals surface area contributed by atoms with E-state index in [4.69, 9.17) is 0 Å². The van der Waals surface area contributed by atoms with Gasteiger partial charge in [0.05, 0.1) is 11.6 Å². The topological polar surface area (TPSA) is 38.1 Å². The summed E-state index contributed by atoms with van der Waals surface area (Å²) in [7, 11) is 1.96. The van der Waals surface area contributed by atoms with E-state index in [0.717, 1.165) is 45.2 Å². The number of aryl methyl sites for hydroxylation is 1. The van der Waals surface area contributed by atoms with Gasteiger partial charge in [-0.1, -0.05) is 36.8 Å². The van der Waals surface area contributed by atoms with E-state index in [-0.39, 0.29) is 5.41 Å². The Morgan fingerprint density at radius 2 is 2.04 bits per heavy atom. The van der Waals surface area contributed by atoms with Gasteiger partial charge in [-0.25, -0.2) is 0 Å². The molecule has 0 bridgehead atoms. The van der Waals surface area contributed by atoms with Crippen LogP contribution in [0.4, 0.5) is 0 Å². The summed E-state index contributed by atoms with van der Waals surface area (Å²) in [6, 6.07) is 10.5. The van der Waals surface area contributed by atoms with Gasteiger partial charge in [-0.3, -0.25) is 9.48 Å². The molecule has 1 aliphatic heterocycles. The van der Waals surface area contributed by atoms with Gasteiger partial charge in [0.1, 0.15) is 0 Å². The number of carbonyl (C=O) groups excluding carboxylic acids is 1. The molecule has 0 spiro atoms. The third-order valence-electron chi connectivity index (χ3n) is 6.01. The first-order valence-corrected chi connectivity index (χ1v) is 9.45. The van der Waals surface area contributed by atoms with E-state index in [1.165, 1.54) is 17.5 Å². The van der Waals surface area contributed by atoms with Crippen LogP contribution in [-0.2, 0) is 24.7 Å². The van der Waals surface area contributed by atoms with Crippen molar-refractivity contribution >= 4 is 5.91 Å². The van der Waals surface area contributed by atoms with Gasteiger partial charge in [0.2, 0.25) is 5.91 Å². The van der Waals surface area contributed by atoms with E-state index >= 15 is 0 Å². The second-order valence-electron chi connectivity index (χ2n) is 7.93. The number of benzene rings is 1. The molecule has 1 saturated carbocycles. The lowest BCUT2D eigenvalue weighted by Gasteiger charge is -2.43. The van der Waals surface area contributed by atoms with Crippen LogP contribution in [0.15, 0.2) is 42.7 Å². The molecular weight excluding hydrogens is 310 g/mol. The second-order valence-corrected chi connectivity index (χ2v) is 7.93. The van der Waals surface area contributed by atoms with Crippen LogP contribution in [-0.4, -0.2) is 33.7 Å². The Labute approximate surface area is 149 Å². The minimum Gasteiger partial charge on any atom is -0.342 e. The van der Waals surface area contributed by atoms with Crippen molar-refractivity contribution in [3.05, 3.63) is 53.9 Å². The molecule has 1 atom stereocenters. The Bertz CT molecular complexity index is 733. The second kappa shape index (κ2) is 6.66. The molecule has 132 valence electrons. The van der Waals surface area contributed by atoms with E-state index < -0.39 is 0 Å². The van der Waals surface area contributed by atoms with Crippen LogP contribution in [0.5, 0.6) is 0 Å². The summed E-state index contributed by atoms with van der Waals surface area (Å²) in [6.45, 7) is 1.82. The molecule has 1 aliphatic carbocycles. The maximum Gasteiger partial charge on any atom is 0.229 e. The highest BCUT2D eigenvalue weighted by molar-refractivity contribution is 5.84. The number of nitrogens with zero attached hydrogens (tertiary/aromatic N) is 3. The Morgan fingerprint density at radius 3 is 2.68 bits per heavy atom. The first-order chi connectivity index (χ1) is 12.1. The molecule has 0 unspecified atom stereocenters. The van der Waals surface area contributed by atoms with Gasteiger partial charge in [0, 0.05) is 26.3 Å². The van der Waals surface area contributed by atoms with Gasteiger partial charge in [-0.15, -0.1) is 0 Å². The molecule has 2 heterocycles. The summed E-state index contributed by atoms with van der Waals surface area (Å²) < 4.78 is 1.86.